The second-order valence-electron chi connectivity index (χ2n) is 10.9. The molecule has 0 aromatic heterocycles. The molecule has 8 aromatic carbocycles. The number of rotatable bonds is 4. The summed E-state index contributed by atoms with van der Waals surface area (Å²) in [6.07, 6.45) is 0. The molecule has 0 aliphatic heterocycles. The van der Waals surface area contributed by atoms with E-state index in [0.29, 0.717) is 0 Å². The zero-order chi connectivity index (χ0) is 29.9. The Bertz CT molecular complexity index is 2160. The molecular weight excluding hydrogens is 528 g/mol. The monoisotopic (exact) mass is 562 g/mol. The van der Waals surface area contributed by atoms with Gasteiger partial charge in [-0.3, -0.25) is 0 Å². The molecule has 8 rings (SSSR count). The lowest BCUT2D eigenvalue weighted by molar-refractivity contribution is 1.50. The van der Waals surface area contributed by atoms with Crippen LogP contribution in [-0.2, 0) is 0 Å². The van der Waals surface area contributed by atoms with Gasteiger partial charge < -0.3 is 0 Å². The Morgan fingerprint density at radius 3 is 1.32 bits per heavy atom. The van der Waals surface area contributed by atoms with Gasteiger partial charge in [-0.2, -0.15) is 0 Å². The van der Waals surface area contributed by atoms with E-state index in [1.165, 1.54) is 76.8 Å². The summed E-state index contributed by atoms with van der Waals surface area (Å²) in [4.78, 5) is 0. The van der Waals surface area contributed by atoms with E-state index in [2.05, 4.69) is 170 Å². The smallest absolute Gasteiger partial charge is 0.00261 e. The summed E-state index contributed by atoms with van der Waals surface area (Å²) >= 11 is 0. The van der Waals surface area contributed by atoms with Crippen molar-refractivity contribution < 1.29 is 0 Å². The zero-order valence-corrected chi connectivity index (χ0v) is 25.2. The maximum atomic E-state index is 2.42. The Morgan fingerprint density at radius 1 is 0.273 bits per heavy atom. The molecule has 0 N–H and O–H groups in total. The van der Waals surface area contributed by atoms with Crippen LogP contribution in [0.3, 0.4) is 0 Å². The van der Waals surface area contributed by atoms with E-state index in [9.17, 15) is 0 Å². The maximum absolute atomic E-state index is 2.42. The minimum absolute atomic E-state index is 1.22. The van der Waals surface area contributed by atoms with Gasteiger partial charge in [-0.25, -0.2) is 0 Å². The number of hydrogen-bond donors (Lipinski definition) is 0. The zero-order valence-electron chi connectivity index (χ0n) is 25.2. The molecule has 0 heterocycles. The van der Waals surface area contributed by atoms with Crippen molar-refractivity contribution in [1.82, 2.24) is 0 Å². The van der Waals surface area contributed by atoms with Gasteiger partial charge in [0.15, 0.2) is 0 Å². The van der Waals surface area contributed by atoms with E-state index in [1.54, 1.807) is 0 Å². The van der Waals surface area contributed by atoms with Gasteiger partial charge in [-0.05, 0) is 82.9 Å². The molecule has 8 aromatic rings. The van der Waals surface area contributed by atoms with Crippen molar-refractivity contribution in [2.45, 2.75) is 13.8 Å². The van der Waals surface area contributed by atoms with Crippen LogP contribution < -0.4 is 0 Å². The van der Waals surface area contributed by atoms with Crippen molar-refractivity contribution >= 4 is 32.3 Å². The Labute approximate surface area is 259 Å². The minimum Gasteiger partial charge on any atom is -0.0683 e. The van der Waals surface area contributed by atoms with Gasteiger partial charge >= 0.3 is 0 Å². The summed E-state index contributed by atoms with van der Waals surface area (Å²) in [5.41, 5.74) is 10.0. The summed E-state index contributed by atoms with van der Waals surface area (Å²) in [6.45, 7) is 4.00. The largest absolute Gasteiger partial charge is 0.0683 e. The van der Waals surface area contributed by atoms with Crippen molar-refractivity contribution in [3.8, 4) is 44.5 Å². The lowest BCUT2D eigenvalue weighted by Gasteiger charge is -2.19. The van der Waals surface area contributed by atoms with E-state index < -0.39 is 0 Å². The minimum atomic E-state index is 1.22. The standard InChI is InChI=1S/C42H28.C2H6/c1-3-14-29(15-4-1)34-27-26-32(28-40(34)35-25-13-19-30-16-7-8-20-33(30)35)42-38-23-11-9-21-36(38)41(31-17-5-2-6-18-31)37-22-10-12-24-39(37)42;1-2/h1-28H;1-2H3. The van der Waals surface area contributed by atoms with Gasteiger partial charge in [0.25, 0.3) is 0 Å². The first-order chi connectivity index (χ1) is 21.9. The molecule has 0 amide bonds. The molecular formula is C44H34. The SMILES string of the molecule is CC.c1ccc(-c2ccc(-c3c4ccccc4c(-c4ccccc4)c4ccccc34)cc2-c2cccc3ccccc23)cc1. The van der Waals surface area contributed by atoms with E-state index in [-0.39, 0.29) is 0 Å². The third kappa shape index (κ3) is 4.75. The average molecular weight is 563 g/mol. The fraction of sp³-hybridized carbons (Fsp3) is 0.0455. The second kappa shape index (κ2) is 12.0. The molecule has 0 saturated heterocycles. The highest BCUT2D eigenvalue weighted by molar-refractivity contribution is 6.21. The third-order valence-electron chi connectivity index (χ3n) is 8.47. The topological polar surface area (TPSA) is 0 Å². The predicted octanol–water partition coefficient (Wildman–Crippen LogP) is 12.8. The summed E-state index contributed by atoms with van der Waals surface area (Å²) < 4.78 is 0. The molecule has 0 aliphatic carbocycles. The molecule has 0 atom stereocenters. The molecule has 0 fully saturated rings. The molecule has 0 heteroatoms. The first-order valence-electron chi connectivity index (χ1n) is 15.5. The van der Waals surface area contributed by atoms with Crippen LogP contribution in [0, 0.1) is 0 Å². The summed E-state index contributed by atoms with van der Waals surface area (Å²) in [7, 11) is 0. The van der Waals surface area contributed by atoms with Gasteiger partial charge in [-0.15, -0.1) is 0 Å². The summed E-state index contributed by atoms with van der Waals surface area (Å²) in [5.74, 6) is 0. The van der Waals surface area contributed by atoms with E-state index in [0.717, 1.165) is 0 Å². The molecule has 210 valence electrons. The Balaban J connectivity index is 0.00000153. The van der Waals surface area contributed by atoms with Crippen LogP contribution in [0.25, 0.3) is 76.8 Å². The van der Waals surface area contributed by atoms with Gasteiger partial charge in [0.05, 0.1) is 0 Å². The fourth-order valence-electron chi connectivity index (χ4n) is 6.61. The van der Waals surface area contributed by atoms with Crippen LogP contribution in [0.2, 0.25) is 0 Å². The van der Waals surface area contributed by atoms with Crippen molar-refractivity contribution in [2.75, 3.05) is 0 Å². The first-order valence-corrected chi connectivity index (χ1v) is 15.5. The van der Waals surface area contributed by atoms with E-state index >= 15 is 0 Å². The van der Waals surface area contributed by atoms with Crippen LogP contribution in [-0.4, -0.2) is 0 Å². The summed E-state index contributed by atoms with van der Waals surface area (Å²) in [5, 5.41) is 7.61. The van der Waals surface area contributed by atoms with Gasteiger partial charge in [0, 0.05) is 0 Å². The Hall–Kier alpha value is -5.46. The molecule has 0 nitrogen and oxygen atoms in total. The van der Waals surface area contributed by atoms with Crippen molar-refractivity contribution in [3.05, 3.63) is 170 Å². The van der Waals surface area contributed by atoms with Crippen molar-refractivity contribution in [1.29, 1.82) is 0 Å². The fourth-order valence-corrected chi connectivity index (χ4v) is 6.61. The molecule has 0 bridgehead atoms. The highest BCUT2D eigenvalue weighted by Gasteiger charge is 2.18. The van der Waals surface area contributed by atoms with Crippen molar-refractivity contribution in [2.24, 2.45) is 0 Å². The quantitative estimate of drug-likeness (QED) is 0.187. The van der Waals surface area contributed by atoms with Gasteiger partial charge in [0.2, 0.25) is 0 Å². The second-order valence-corrected chi connectivity index (χ2v) is 10.9. The highest BCUT2D eigenvalue weighted by Crippen LogP contribution is 2.46. The Kier molecular flexibility index (Phi) is 7.49. The van der Waals surface area contributed by atoms with Crippen LogP contribution in [0.1, 0.15) is 13.8 Å². The predicted molar refractivity (Wildman–Crippen MR) is 192 cm³/mol. The van der Waals surface area contributed by atoms with Gasteiger partial charge in [0.1, 0.15) is 0 Å². The van der Waals surface area contributed by atoms with Crippen molar-refractivity contribution in [3.63, 3.8) is 0 Å². The van der Waals surface area contributed by atoms with E-state index in [1.807, 2.05) is 13.8 Å². The number of hydrogen-bond acceptors (Lipinski definition) is 0. The number of benzene rings is 8. The Morgan fingerprint density at radius 2 is 0.727 bits per heavy atom. The molecule has 0 spiro atoms. The van der Waals surface area contributed by atoms with Gasteiger partial charge in [-0.1, -0.05) is 178 Å². The van der Waals surface area contributed by atoms with Crippen LogP contribution >= 0.6 is 0 Å². The normalized spacial score (nSPS) is 11.0. The van der Waals surface area contributed by atoms with E-state index in [4.69, 9.17) is 0 Å². The summed E-state index contributed by atoms with van der Waals surface area (Å²) in [6, 6.07) is 61.7. The molecule has 0 unspecified atom stereocenters. The lowest BCUT2D eigenvalue weighted by atomic mass is 9.84. The molecule has 0 saturated carbocycles. The highest BCUT2D eigenvalue weighted by atomic mass is 14.2. The molecule has 44 heavy (non-hydrogen) atoms. The number of fused-ring (bicyclic) bond motifs is 3. The molecule has 0 radical (unpaired) electrons. The van der Waals surface area contributed by atoms with Crippen LogP contribution in [0.4, 0.5) is 0 Å². The maximum Gasteiger partial charge on any atom is -0.00261 e. The molecule has 0 aliphatic rings. The average Bonchev–Trinajstić information content (AvgIpc) is 3.11. The third-order valence-corrected chi connectivity index (χ3v) is 8.47. The lowest BCUT2D eigenvalue weighted by Crippen LogP contribution is -1.93. The van der Waals surface area contributed by atoms with Crippen LogP contribution in [0.5, 0.6) is 0 Å². The van der Waals surface area contributed by atoms with Crippen LogP contribution in [0.15, 0.2) is 170 Å². The first kappa shape index (κ1) is 27.4.